The van der Waals surface area contributed by atoms with E-state index in [2.05, 4.69) is 10.2 Å². The summed E-state index contributed by atoms with van der Waals surface area (Å²) in [4.78, 5) is 14.7. The number of carbonyl (C=O) groups excluding carboxylic acids is 1. The highest BCUT2D eigenvalue weighted by atomic mass is 16.5. The SMILES string of the molecule is CCC(C)(OC)C(=O)Nc1ccc(OCCN2CCCCC2)cc1. The molecule has 1 amide bonds. The summed E-state index contributed by atoms with van der Waals surface area (Å²) in [7, 11) is 1.56. The summed E-state index contributed by atoms with van der Waals surface area (Å²) in [6, 6.07) is 7.50. The molecule has 5 heteroatoms. The van der Waals surface area contributed by atoms with Crippen molar-refractivity contribution in [2.45, 2.75) is 45.1 Å². The number of amides is 1. The van der Waals surface area contributed by atoms with Crippen LogP contribution in [0, 0.1) is 0 Å². The van der Waals surface area contributed by atoms with Gasteiger partial charge in [-0.05, 0) is 63.5 Å². The lowest BCUT2D eigenvalue weighted by molar-refractivity contribution is -0.136. The number of likely N-dealkylation sites (tertiary alicyclic amines) is 1. The second-order valence-electron chi connectivity index (χ2n) is 6.52. The Hall–Kier alpha value is -1.59. The van der Waals surface area contributed by atoms with Crippen molar-refractivity contribution in [1.29, 1.82) is 0 Å². The number of hydrogen-bond donors (Lipinski definition) is 1. The first kappa shape index (κ1) is 18.7. The monoisotopic (exact) mass is 334 g/mol. The van der Waals surface area contributed by atoms with E-state index >= 15 is 0 Å². The molecule has 5 nitrogen and oxygen atoms in total. The molecule has 134 valence electrons. The van der Waals surface area contributed by atoms with Gasteiger partial charge in [0.05, 0.1) is 0 Å². The van der Waals surface area contributed by atoms with Crippen molar-refractivity contribution in [1.82, 2.24) is 4.90 Å². The van der Waals surface area contributed by atoms with Crippen LogP contribution in [-0.4, -0.2) is 49.8 Å². The Labute approximate surface area is 145 Å². The van der Waals surface area contributed by atoms with E-state index in [9.17, 15) is 4.79 Å². The summed E-state index contributed by atoms with van der Waals surface area (Å²) >= 11 is 0. The molecule has 0 spiro atoms. The molecule has 1 aliphatic rings. The molecule has 1 saturated heterocycles. The van der Waals surface area contributed by atoms with Gasteiger partial charge in [0.1, 0.15) is 18.0 Å². The van der Waals surface area contributed by atoms with E-state index < -0.39 is 5.60 Å². The lowest BCUT2D eigenvalue weighted by Gasteiger charge is -2.26. The molecule has 0 bridgehead atoms. The minimum Gasteiger partial charge on any atom is -0.492 e. The molecular weight excluding hydrogens is 304 g/mol. The quantitative estimate of drug-likeness (QED) is 0.792. The van der Waals surface area contributed by atoms with Crippen LogP contribution in [0.2, 0.25) is 0 Å². The first-order valence-corrected chi connectivity index (χ1v) is 8.89. The van der Waals surface area contributed by atoms with Crippen molar-refractivity contribution in [3.63, 3.8) is 0 Å². The Morgan fingerprint density at radius 3 is 2.46 bits per heavy atom. The van der Waals surface area contributed by atoms with E-state index in [1.165, 1.54) is 32.4 Å². The van der Waals surface area contributed by atoms with Crippen molar-refractivity contribution in [3.05, 3.63) is 24.3 Å². The van der Waals surface area contributed by atoms with Gasteiger partial charge in [0.15, 0.2) is 0 Å². The standard InChI is InChI=1S/C19H30N2O3/c1-4-19(2,23-3)18(22)20-16-8-10-17(11-9-16)24-15-14-21-12-6-5-7-13-21/h8-11H,4-7,12-15H2,1-3H3,(H,20,22). The maximum atomic E-state index is 12.3. The van der Waals surface area contributed by atoms with Crippen LogP contribution >= 0.6 is 0 Å². The Balaban J connectivity index is 1.78. The summed E-state index contributed by atoms with van der Waals surface area (Å²) in [6.07, 6.45) is 4.57. The molecule has 1 aromatic rings. The van der Waals surface area contributed by atoms with Crippen molar-refractivity contribution in [2.75, 3.05) is 38.7 Å². The second-order valence-corrected chi connectivity index (χ2v) is 6.52. The summed E-state index contributed by atoms with van der Waals surface area (Å²) in [5.74, 6) is 0.696. The van der Waals surface area contributed by atoms with E-state index in [1.54, 1.807) is 14.0 Å². The van der Waals surface area contributed by atoms with Crippen LogP contribution in [0.4, 0.5) is 5.69 Å². The summed E-state index contributed by atoms with van der Waals surface area (Å²) in [5, 5.41) is 2.89. The van der Waals surface area contributed by atoms with Crippen LogP contribution in [0.25, 0.3) is 0 Å². The van der Waals surface area contributed by atoms with Crippen molar-refractivity contribution >= 4 is 11.6 Å². The number of nitrogens with one attached hydrogen (secondary N) is 1. The van der Waals surface area contributed by atoms with Gasteiger partial charge in [0, 0.05) is 19.3 Å². The Morgan fingerprint density at radius 1 is 1.21 bits per heavy atom. The lowest BCUT2D eigenvalue weighted by Crippen LogP contribution is -2.41. The number of nitrogens with zero attached hydrogens (tertiary/aromatic N) is 1. The third-order valence-corrected chi connectivity index (χ3v) is 4.84. The van der Waals surface area contributed by atoms with E-state index in [4.69, 9.17) is 9.47 Å². The maximum Gasteiger partial charge on any atom is 0.256 e. The van der Waals surface area contributed by atoms with Crippen LogP contribution in [0.15, 0.2) is 24.3 Å². The third kappa shape index (κ3) is 5.21. The van der Waals surface area contributed by atoms with Gasteiger partial charge in [-0.25, -0.2) is 0 Å². The number of ether oxygens (including phenoxy) is 2. The average Bonchev–Trinajstić information content (AvgIpc) is 2.63. The molecule has 1 aliphatic heterocycles. The number of hydrogen-bond acceptors (Lipinski definition) is 4. The largest absolute Gasteiger partial charge is 0.492 e. The maximum absolute atomic E-state index is 12.3. The van der Waals surface area contributed by atoms with Crippen molar-refractivity contribution in [2.24, 2.45) is 0 Å². The number of anilines is 1. The number of carbonyl (C=O) groups is 1. The average molecular weight is 334 g/mol. The van der Waals surface area contributed by atoms with E-state index in [-0.39, 0.29) is 5.91 Å². The molecule has 1 atom stereocenters. The van der Waals surface area contributed by atoms with E-state index in [0.717, 1.165) is 18.0 Å². The van der Waals surface area contributed by atoms with Crippen LogP contribution in [-0.2, 0) is 9.53 Å². The summed E-state index contributed by atoms with van der Waals surface area (Å²) < 4.78 is 11.1. The number of rotatable bonds is 8. The molecule has 0 aromatic heterocycles. The predicted molar refractivity (Wildman–Crippen MR) is 96.6 cm³/mol. The van der Waals surface area contributed by atoms with Crippen LogP contribution < -0.4 is 10.1 Å². The molecule has 2 rings (SSSR count). The number of benzene rings is 1. The highest BCUT2D eigenvalue weighted by Gasteiger charge is 2.30. The van der Waals surface area contributed by atoms with Gasteiger partial charge in [-0.3, -0.25) is 9.69 Å². The summed E-state index contributed by atoms with van der Waals surface area (Å²) in [6.45, 7) is 7.77. The minimum absolute atomic E-state index is 0.133. The minimum atomic E-state index is -0.802. The zero-order chi connectivity index (χ0) is 17.4. The molecule has 1 unspecified atom stereocenters. The van der Waals surface area contributed by atoms with Crippen molar-refractivity contribution in [3.8, 4) is 5.75 Å². The van der Waals surface area contributed by atoms with E-state index in [1.807, 2.05) is 31.2 Å². The Bertz CT molecular complexity index is 506. The summed E-state index contributed by atoms with van der Waals surface area (Å²) in [5.41, 5.74) is -0.0519. The van der Waals surface area contributed by atoms with Gasteiger partial charge in [-0.2, -0.15) is 0 Å². The van der Waals surface area contributed by atoms with Gasteiger partial charge in [-0.1, -0.05) is 13.3 Å². The van der Waals surface area contributed by atoms with Crippen LogP contribution in [0.3, 0.4) is 0 Å². The van der Waals surface area contributed by atoms with Gasteiger partial charge in [0.25, 0.3) is 5.91 Å². The first-order valence-electron chi connectivity index (χ1n) is 8.89. The molecule has 1 heterocycles. The van der Waals surface area contributed by atoms with Crippen molar-refractivity contribution < 1.29 is 14.3 Å². The molecule has 24 heavy (non-hydrogen) atoms. The lowest BCUT2D eigenvalue weighted by atomic mass is 10.0. The Kier molecular flexibility index (Phi) is 7.06. The molecule has 1 N–H and O–H groups in total. The molecule has 1 fully saturated rings. The van der Waals surface area contributed by atoms with Crippen LogP contribution in [0.5, 0.6) is 5.75 Å². The fourth-order valence-electron chi connectivity index (χ4n) is 2.77. The fraction of sp³-hybridized carbons (Fsp3) is 0.632. The van der Waals surface area contributed by atoms with Gasteiger partial charge >= 0.3 is 0 Å². The molecular formula is C19H30N2O3. The molecule has 1 aromatic carbocycles. The fourth-order valence-corrected chi connectivity index (χ4v) is 2.77. The zero-order valence-corrected chi connectivity index (χ0v) is 15.1. The smallest absolute Gasteiger partial charge is 0.256 e. The van der Waals surface area contributed by atoms with Crippen LogP contribution in [0.1, 0.15) is 39.5 Å². The molecule has 0 aliphatic carbocycles. The van der Waals surface area contributed by atoms with Gasteiger partial charge in [0.2, 0.25) is 0 Å². The highest BCUT2D eigenvalue weighted by Crippen LogP contribution is 2.20. The first-order chi connectivity index (χ1) is 11.6. The number of methoxy groups -OCH3 is 1. The van der Waals surface area contributed by atoms with E-state index in [0.29, 0.717) is 13.0 Å². The molecule has 0 radical (unpaired) electrons. The zero-order valence-electron chi connectivity index (χ0n) is 15.1. The number of piperidine rings is 1. The predicted octanol–water partition coefficient (Wildman–Crippen LogP) is 3.30. The second kappa shape index (κ2) is 9.04. The Morgan fingerprint density at radius 2 is 1.88 bits per heavy atom. The third-order valence-electron chi connectivity index (χ3n) is 4.84. The topological polar surface area (TPSA) is 50.8 Å². The normalized spacial score (nSPS) is 18.0. The van der Waals surface area contributed by atoms with Gasteiger partial charge < -0.3 is 14.8 Å². The highest BCUT2D eigenvalue weighted by molar-refractivity contribution is 5.97. The van der Waals surface area contributed by atoms with Gasteiger partial charge in [-0.15, -0.1) is 0 Å². The molecule has 0 saturated carbocycles.